The molecule has 0 saturated carbocycles. The first-order valence-electron chi connectivity index (χ1n) is 5.59. The zero-order chi connectivity index (χ0) is 11.5. The van der Waals surface area contributed by atoms with E-state index in [1.54, 1.807) is 7.11 Å². The van der Waals surface area contributed by atoms with Gasteiger partial charge in [-0.3, -0.25) is 4.79 Å². The number of ether oxygens (including phenoxy) is 2. The Hall–Kier alpha value is -0.610. The number of carbonyl (C=O) groups is 1. The van der Waals surface area contributed by atoms with Crippen LogP contribution in [0.15, 0.2) is 0 Å². The van der Waals surface area contributed by atoms with Crippen LogP contribution in [0.1, 0.15) is 39.0 Å². The van der Waals surface area contributed by atoms with E-state index >= 15 is 0 Å². The van der Waals surface area contributed by atoms with E-state index in [9.17, 15) is 4.79 Å². The average molecular weight is 217 g/mol. The Morgan fingerprint density at radius 1 is 1.27 bits per heavy atom. The summed E-state index contributed by atoms with van der Waals surface area (Å²) >= 11 is 0. The maximum Gasteiger partial charge on any atom is 0.306 e. The van der Waals surface area contributed by atoms with Crippen LogP contribution in [0.5, 0.6) is 0 Å². The number of unbranched alkanes of at least 4 members (excludes halogenated alkanes) is 3. The molecule has 0 amide bonds. The van der Waals surface area contributed by atoms with E-state index in [2.05, 4.69) is 0 Å². The highest BCUT2D eigenvalue weighted by Crippen LogP contribution is 2.04. The summed E-state index contributed by atoms with van der Waals surface area (Å²) in [4.78, 5) is 11.3. The predicted molar refractivity (Wildman–Crippen MR) is 59.6 cm³/mol. The molecule has 0 aromatic heterocycles. The maximum atomic E-state index is 11.3. The van der Waals surface area contributed by atoms with Crippen LogP contribution < -0.4 is 5.73 Å². The Balaban J connectivity index is 3.32. The van der Waals surface area contributed by atoms with Crippen LogP contribution in [0.3, 0.4) is 0 Å². The minimum absolute atomic E-state index is 0.132. The minimum Gasteiger partial charge on any atom is -0.460 e. The van der Waals surface area contributed by atoms with E-state index in [0.717, 1.165) is 32.2 Å². The van der Waals surface area contributed by atoms with Gasteiger partial charge in [-0.05, 0) is 26.3 Å². The third-order valence-electron chi connectivity index (χ3n) is 2.07. The van der Waals surface area contributed by atoms with Crippen molar-refractivity contribution < 1.29 is 14.3 Å². The van der Waals surface area contributed by atoms with E-state index in [4.69, 9.17) is 15.2 Å². The van der Waals surface area contributed by atoms with Gasteiger partial charge in [0.1, 0.15) is 6.10 Å². The molecular weight excluding hydrogens is 194 g/mol. The van der Waals surface area contributed by atoms with Crippen LogP contribution in [-0.4, -0.2) is 32.3 Å². The molecule has 90 valence electrons. The van der Waals surface area contributed by atoms with Gasteiger partial charge in [-0.1, -0.05) is 12.8 Å². The summed E-state index contributed by atoms with van der Waals surface area (Å²) < 4.78 is 9.98. The Kier molecular flexibility index (Phi) is 9.52. The van der Waals surface area contributed by atoms with E-state index in [1.165, 1.54) is 0 Å². The van der Waals surface area contributed by atoms with Crippen molar-refractivity contribution in [3.8, 4) is 0 Å². The van der Waals surface area contributed by atoms with E-state index < -0.39 is 0 Å². The first-order valence-corrected chi connectivity index (χ1v) is 5.59. The Labute approximate surface area is 92.1 Å². The number of carbonyl (C=O) groups excluding carboxylic acids is 1. The van der Waals surface area contributed by atoms with Crippen molar-refractivity contribution in [1.82, 2.24) is 0 Å². The van der Waals surface area contributed by atoms with Crippen molar-refractivity contribution in [2.45, 2.75) is 45.1 Å². The van der Waals surface area contributed by atoms with Crippen molar-refractivity contribution in [3.05, 3.63) is 0 Å². The van der Waals surface area contributed by atoms with Crippen LogP contribution in [0.4, 0.5) is 0 Å². The molecule has 0 fully saturated rings. The largest absolute Gasteiger partial charge is 0.460 e. The van der Waals surface area contributed by atoms with Crippen LogP contribution >= 0.6 is 0 Å². The van der Waals surface area contributed by atoms with Gasteiger partial charge in [0.05, 0.1) is 6.61 Å². The van der Waals surface area contributed by atoms with E-state index in [-0.39, 0.29) is 12.1 Å². The molecule has 0 spiro atoms. The van der Waals surface area contributed by atoms with Gasteiger partial charge in [0.25, 0.3) is 0 Å². The molecule has 1 atom stereocenters. The molecule has 0 radical (unpaired) electrons. The fraction of sp³-hybridized carbons (Fsp3) is 0.909. The highest BCUT2D eigenvalue weighted by molar-refractivity contribution is 5.69. The Bertz CT molecular complexity index is 162. The number of hydrogen-bond acceptors (Lipinski definition) is 4. The van der Waals surface area contributed by atoms with Crippen molar-refractivity contribution in [2.75, 3.05) is 20.3 Å². The highest BCUT2D eigenvalue weighted by atomic mass is 16.6. The average Bonchev–Trinajstić information content (AvgIpc) is 2.17. The summed E-state index contributed by atoms with van der Waals surface area (Å²) in [6, 6.07) is 0. The molecule has 15 heavy (non-hydrogen) atoms. The lowest BCUT2D eigenvalue weighted by Gasteiger charge is -2.11. The highest BCUT2D eigenvalue weighted by Gasteiger charge is 2.08. The number of nitrogens with two attached hydrogens (primary N) is 1. The van der Waals surface area contributed by atoms with Gasteiger partial charge >= 0.3 is 5.97 Å². The number of esters is 1. The van der Waals surface area contributed by atoms with Gasteiger partial charge < -0.3 is 15.2 Å². The lowest BCUT2D eigenvalue weighted by atomic mass is 10.1. The quantitative estimate of drug-likeness (QED) is 0.469. The molecule has 0 aliphatic heterocycles. The van der Waals surface area contributed by atoms with Crippen LogP contribution in [0.2, 0.25) is 0 Å². The van der Waals surface area contributed by atoms with Crippen LogP contribution in [0, 0.1) is 0 Å². The predicted octanol–water partition coefficient (Wildman–Crippen LogP) is 1.47. The zero-order valence-corrected chi connectivity index (χ0v) is 9.83. The maximum absolute atomic E-state index is 11.3. The molecule has 0 aliphatic rings. The van der Waals surface area contributed by atoms with E-state index in [0.29, 0.717) is 13.0 Å². The molecule has 0 bridgehead atoms. The normalized spacial score (nSPS) is 12.5. The van der Waals surface area contributed by atoms with Gasteiger partial charge in [-0.2, -0.15) is 0 Å². The summed E-state index contributed by atoms with van der Waals surface area (Å²) in [5, 5.41) is 0. The molecule has 0 aromatic rings. The van der Waals surface area contributed by atoms with Crippen molar-refractivity contribution >= 4 is 5.97 Å². The van der Waals surface area contributed by atoms with Crippen molar-refractivity contribution in [1.29, 1.82) is 0 Å². The second-order valence-corrected chi connectivity index (χ2v) is 3.71. The van der Waals surface area contributed by atoms with Crippen LogP contribution in [0.25, 0.3) is 0 Å². The third-order valence-corrected chi connectivity index (χ3v) is 2.07. The molecule has 4 nitrogen and oxygen atoms in total. The molecule has 0 heterocycles. The summed E-state index contributed by atoms with van der Waals surface area (Å²) in [6.07, 6.45) is 4.42. The molecule has 0 aliphatic carbocycles. The molecule has 0 saturated heterocycles. The van der Waals surface area contributed by atoms with Crippen LogP contribution in [-0.2, 0) is 14.3 Å². The van der Waals surface area contributed by atoms with Gasteiger partial charge in [0.15, 0.2) is 0 Å². The Morgan fingerprint density at radius 2 is 1.93 bits per heavy atom. The lowest BCUT2D eigenvalue weighted by molar-refractivity contribution is -0.150. The molecule has 0 rings (SSSR count). The number of hydrogen-bond donors (Lipinski definition) is 1. The SMILES string of the molecule is COCC(C)OC(=O)CCCCCCN. The molecule has 0 aromatic carbocycles. The smallest absolute Gasteiger partial charge is 0.306 e. The number of methoxy groups -OCH3 is 1. The minimum atomic E-state index is -0.147. The second kappa shape index (κ2) is 9.93. The molecule has 1 unspecified atom stereocenters. The van der Waals surface area contributed by atoms with E-state index in [1.807, 2.05) is 6.92 Å². The summed E-state index contributed by atoms with van der Waals surface area (Å²) in [5.74, 6) is -0.132. The summed E-state index contributed by atoms with van der Waals surface area (Å²) in [5.41, 5.74) is 5.36. The Morgan fingerprint density at radius 3 is 2.53 bits per heavy atom. The van der Waals surface area contributed by atoms with Gasteiger partial charge in [-0.15, -0.1) is 0 Å². The summed E-state index contributed by atoms with van der Waals surface area (Å²) in [6.45, 7) is 3.02. The zero-order valence-electron chi connectivity index (χ0n) is 9.83. The fourth-order valence-corrected chi connectivity index (χ4v) is 1.32. The van der Waals surface area contributed by atoms with Crippen molar-refractivity contribution in [3.63, 3.8) is 0 Å². The topological polar surface area (TPSA) is 61.5 Å². The monoisotopic (exact) mass is 217 g/mol. The molecular formula is C11H23NO3. The van der Waals surface area contributed by atoms with Gasteiger partial charge in [0, 0.05) is 13.5 Å². The first kappa shape index (κ1) is 14.4. The summed E-state index contributed by atoms with van der Waals surface area (Å²) in [7, 11) is 1.59. The lowest BCUT2D eigenvalue weighted by Crippen LogP contribution is -2.19. The fourth-order valence-electron chi connectivity index (χ4n) is 1.32. The third kappa shape index (κ3) is 9.69. The van der Waals surface area contributed by atoms with Gasteiger partial charge in [0.2, 0.25) is 0 Å². The van der Waals surface area contributed by atoms with Crippen molar-refractivity contribution in [2.24, 2.45) is 5.73 Å². The van der Waals surface area contributed by atoms with Gasteiger partial charge in [-0.25, -0.2) is 0 Å². The first-order chi connectivity index (χ1) is 7.20. The standard InChI is InChI=1S/C11H23NO3/c1-10(9-14-2)15-11(13)7-5-3-4-6-8-12/h10H,3-9,12H2,1-2H3. The molecule has 4 heteroatoms. The second-order valence-electron chi connectivity index (χ2n) is 3.71. The number of rotatable bonds is 9. The molecule has 2 N–H and O–H groups in total.